The van der Waals surface area contributed by atoms with Crippen LogP contribution in [0.4, 0.5) is 0 Å². The molecule has 1 amide bonds. The molecule has 0 unspecified atom stereocenters. The maximum absolute atomic E-state index is 12.5. The van der Waals surface area contributed by atoms with Crippen LogP contribution in [0.25, 0.3) is 0 Å². The molecule has 0 spiro atoms. The van der Waals surface area contributed by atoms with E-state index in [0.29, 0.717) is 6.42 Å². The van der Waals surface area contributed by atoms with Crippen molar-refractivity contribution in [3.05, 3.63) is 35.4 Å². The number of amides is 1. The van der Waals surface area contributed by atoms with Crippen molar-refractivity contribution in [2.75, 3.05) is 11.5 Å². The van der Waals surface area contributed by atoms with Gasteiger partial charge in [0.05, 0.1) is 23.5 Å². The summed E-state index contributed by atoms with van der Waals surface area (Å²) in [5.41, 5.74) is 2.40. The van der Waals surface area contributed by atoms with Gasteiger partial charge in [-0.1, -0.05) is 58.9 Å². The van der Waals surface area contributed by atoms with Gasteiger partial charge in [0, 0.05) is 0 Å². The summed E-state index contributed by atoms with van der Waals surface area (Å²) in [6.45, 7) is 10.6. The Morgan fingerprint density at radius 3 is 2.17 bits per heavy atom. The highest BCUT2D eigenvalue weighted by Gasteiger charge is 2.34. The zero-order valence-corrected chi connectivity index (χ0v) is 16.1. The van der Waals surface area contributed by atoms with Crippen molar-refractivity contribution in [3.63, 3.8) is 0 Å². The summed E-state index contributed by atoms with van der Waals surface area (Å²) in [6, 6.07) is 8.25. The topological polar surface area (TPSA) is 63.2 Å². The summed E-state index contributed by atoms with van der Waals surface area (Å²) >= 11 is 0. The lowest BCUT2D eigenvalue weighted by Crippen LogP contribution is -2.36. The Kier molecular flexibility index (Phi) is 5.43. The number of hydrogen-bond acceptors (Lipinski definition) is 3. The van der Waals surface area contributed by atoms with Gasteiger partial charge < -0.3 is 5.32 Å². The zero-order valence-electron chi connectivity index (χ0n) is 15.3. The second-order valence-electron chi connectivity index (χ2n) is 8.20. The largest absolute Gasteiger partial charge is 0.349 e. The van der Waals surface area contributed by atoms with Crippen LogP contribution in [0, 0.1) is 11.8 Å². The van der Waals surface area contributed by atoms with E-state index in [1.165, 1.54) is 5.56 Å². The Morgan fingerprint density at radius 2 is 1.75 bits per heavy atom. The number of carbonyl (C=O) groups excluding carboxylic acids is 1. The molecule has 1 fully saturated rings. The number of sulfone groups is 1. The first-order valence-electron chi connectivity index (χ1n) is 8.61. The van der Waals surface area contributed by atoms with E-state index in [-0.39, 0.29) is 34.8 Å². The molecule has 1 aromatic carbocycles. The maximum Gasteiger partial charge on any atom is 0.224 e. The smallest absolute Gasteiger partial charge is 0.224 e. The van der Waals surface area contributed by atoms with Crippen molar-refractivity contribution >= 4 is 15.7 Å². The van der Waals surface area contributed by atoms with Crippen molar-refractivity contribution in [1.29, 1.82) is 0 Å². The Morgan fingerprint density at radius 1 is 1.17 bits per heavy atom. The summed E-state index contributed by atoms with van der Waals surface area (Å²) in [4.78, 5) is 12.5. The van der Waals surface area contributed by atoms with E-state index in [4.69, 9.17) is 0 Å². The van der Waals surface area contributed by atoms with E-state index in [0.717, 1.165) is 5.56 Å². The molecule has 1 aliphatic rings. The number of rotatable bonds is 4. The minimum Gasteiger partial charge on any atom is -0.349 e. The lowest BCUT2D eigenvalue weighted by atomic mass is 9.85. The highest BCUT2D eigenvalue weighted by Crippen LogP contribution is 2.28. The molecule has 0 aliphatic carbocycles. The molecule has 5 heteroatoms. The first kappa shape index (κ1) is 19.0. The van der Waals surface area contributed by atoms with Crippen LogP contribution in [0.5, 0.6) is 0 Å². The average Bonchev–Trinajstić information content (AvgIpc) is 2.84. The number of hydrogen-bond donors (Lipinski definition) is 1. The zero-order chi connectivity index (χ0) is 18.1. The van der Waals surface area contributed by atoms with Gasteiger partial charge in [-0.25, -0.2) is 8.42 Å². The SMILES string of the molecule is CC(C)[C@H](NC(=O)[C@@H]1CCS(=O)(=O)C1)c1ccc(C(C)(C)C)cc1. The van der Waals surface area contributed by atoms with Gasteiger partial charge in [-0.15, -0.1) is 0 Å². The van der Waals surface area contributed by atoms with Crippen LogP contribution in [0.15, 0.2) is 24.3 Å². The maximum atomic E-state index is 12.5. The lowest BCUT2D eigenvalue weighted by Gasteiger charge is -2.26. The van der Waals surface area contributed by atoms with Crippen LogP contribution in [0.3, 0.4) is 0 Å². The Bertz CT molecular complexity index is 684. The van der Waals surface area contributed by atoms with E-state index in [1.807, 2.05) is 0 Å². The molecule has 0 saturated carbocycles. The van der Waals surface area contributed by atoms with Crippen LogP contribution >= 0.6 is 0 Å². The molecule has 0 radical (unpaired) electrons. The fourth-order valence-electron chi connectivity index (χ4n) is 3.10. The quantitative estimate of drug-likeness (QED) is 0.906. The molecule has 1 aliphatic heterocycles. The predicted molar refractivity (Wildman–Crippen MR) is 97.6 cm³/mol. The van der Waals surface area contributed by atoms with Crippen LogP contribution in [-0.4, -0.2) is 25.8 Å². The Hall–Kier alpha value is -1.36. The first-order chi connectivity index (χ1) is 11.0. The molecule has 4 nitrogen and oxygen atoms in total. The molecule has 1 aromatic rings. The number of nitrogens with one attached hydrogen (secondary N) is 1. The molecule has 134 valence electrons. The van der Waals surface area contributed by atoms with Crippen LogP contribution < -0.4 is 5.32 Å². The minimum absolute atomic E-state index is 0.0212. The summed E-state index contributed by atoms with van der Waals surface area (Å²) in [7, 11) is -3.04. The lowest BCUT2D eigenvalue weighted by molar-refractivity contribution is -0.125. The van der Waals surface area contributed by atoms with E-state index in [2.05, 4.69) is 64.2 Å². The van der Waals surface area contributed by atoms with Gasteiger partial charge in [0.1, 0.15) is 0 Å². The van der Waals surface area contributed by atoms with Crippen molar-refractivity contribution < 1.29 is 13.2 Å². The summed E-state index contributed by atoms with van der Waals surface area (Å²) in [6.07, 6.45) is 0.432. The van der Waals surface area contributed by atoms with Crippen molar-refractivity contribution in [2.45, 2.75) is 52.5 Å². The predicted octanol–water partition coefficient (Wildman–Crippen LogP) is 3.23. The van der Waals surface area contributed by atoms with Gasteiger partial charge in [-0.05, 0) is 28.9 Å². The van der Waals surface area contributed by atoms with Crippen LogP contribution in [-0.2, 0) is 20.0 Å². The normalized spacial score (nSPS) is 21.7. The van der Waals surface area contributed by atoms with Gasteiger partial charge in [0.25, 0.3) is 0 Å². The standard InChI is InChI=1S/C19H29NO3S/c1-13(2)17(14-6-8-16(9-7-14)19(3,4)5)20-18(21)15-10-11-24(22,23)12-15/h6-9,13,15,17H,10-12H2,1-5H3,(H,20,21)/t15-,17+/m1/s1. The van der Waals surface area contributed by atoms with Gasteiger partial charge >= 0.3 is 0 Å². The number of benzene rings is 1. The molecule has 1 N–H and O–H groups in total. The first-order valence-corrected chi connectivity index (χ1v) is 10.4. The van der Waals surface area contributed by atoms with E-state index in [9.17, 15) is 13.2 Å². The highest BCUT2D eigenvalue weighted by molar-refractivity contribution is 7.91. The highest BCUT2D eigenvalue weighted by atomic mass is 32.2. The Labute approximate surface area is 146 Å². The third-order valence-electron chi connectivity index (χ3n) is 4.70. The molecular formula is C19H29NO3S. The second-order valence-corrected chi connectivity index (χ2v) is 10.4. The molecule has 24 heavy (non-hydrogen) atoms. The molecule has 1 saturated heterocycles. The summed E-state index contributed by atoms with van der Waals surface area (Å²) in [5, 5.41) is 3.07. The van der Waals surface area contributed by atoms with Gasteiger partial charge in [0.15, 0.2) is 9.84 Å². The van der Waals surface area contributed by atoms with Gasteiger partial charge in [-0.2, -0.15) is 0 Å². The van der Waals surface area contributed by atoms with Crippen molar-refractivity contribution in [1.82, 2.24) is 5.32 Å². The van der Waals surface area contributed by atoms with Gasteiger partial charge in [0.2, 0.25) is 5.91 Å². The van der Waals surface area contributed by atoms with E-state index >= 15 is 0 Å². The molecule has 2 atom stereocenters. The average molecular weight is 352 g/mol. The summed E-state index contributed by atoms with van der Waals surface area (Å²) in [5.74, 6) is -0.225. The molecule has 0 bridgehead atoms. The fraction of sp³-hybridized carbons (Fsp3) is 0.632. The summed E-state index contributed by atoms with van der Waals surface area (Å²) < 4.78 is 23.2. The Balaban J connectivity index is 2.14. The number of carbonyl (C=O) groups is 1. The molecular weight excluding hydrogens is 322 g/mol. The molecule has 2 rings (SSSR count). The van der Waals surface area contributed by atoms with Crippen LogP contribution in [0.1, 0.15) is 58.2 Å². The third-order valence-corrected chi connectivity index (χ3v) is 6.47. The van der Waals surface area contributed by atoms with Crippen molar-refractivity contribution in [3.8, 4) is 0 Å². The second kappa shape index (κ2) is 6.87. The molecule has 1 heterocycles. The van der Waals surface area contributed by atoms with Crippen molar-refractivity contribution in [2.24, 2.45) is 11.8 Å². The third kappa shape index (κ3) is 4.59. The minimum atomic E-state index is -3.04. The molecule has 0 aromatic heterocycles. The van der Waals surface area contributed by atoms with E-state index in [1.54, 1.807) is 0 Å². The monoisotopic (exact) mass is 351 g/mol. The van der Waals surface area contributed by atoms with Crippen LogP contribution in [0.2, 0.25) is 0 Å². The fourth-order valence-corrected chi connectivity index (χ4v) is 4.84. The van der Waals surface area contributed by atoms with E-state index < -0.39 is 15.8 Å². The van der Waals surface area contributed by atoms with Gasteiger partial charge in [-0.3, -0.25) is 4.79 Å².